The van der Waals surface area contributed by atoms with E-state index in [9.17, 15) is 4.79 Å². The molecule has 1 aliphatic carbocycles. The first-order valence-electron chi connectivity index (χ1n) is 7.09. The average molecular weight is 272 g/mol. The molecule has 1 N–H and O–H groups in total. The predicted octanol–water partition coefficient (Wildman–Crippen LogP) is 2.01. The van der Waals surface area contributed by atoms with Crippen LogP contribution < -0.4 is 5.32 Å². The number of hydrogen-bond donors (Lipinski definition) is 1. The summed E-state index contributed by atoms with van der Waals surface area (Å²) in [5.74, 6) is 0. The van der Waals surface area contributed by atoms with Crippen LogP contribution in [0.15, 0.2) is 0 Å². The number of carbonyl (C=O) groups excluding carboxylic acids is 1. The third kappa shape index (κ3) is 5.78. The second kappa shape index (κ2) is 7.10. The zero-order valence-corrected chi connectivity index (χ0v) is 12.9. The summed E-state index contributed by atoms with van der Waals surface area (Å²) in [6, 6.07) is 0.530. The highest BCUT2D eigenvalue weighted by Gasteiger charge is 2.28. The number of ether oxygens (including phenoxy) is 2. The van der Waals surface area contributed by atoms with Crippen molar-refractivity contribution in [2.24, 2.45) is 0 Å². The first kappa shape index (κ1) is 16.2. The first-order valence-corrected chi connectivity index (χ1v) is 7.09. The van der Waals surface area contributed by atoms with Crippen LogP contribution >= 0.6 is 0 Å². The molecule has 1 fully saturated rings. The summed E-state index contributed by atoms with van der Waals surface area (Å²) in [7, 11) is 1.75. The summed E-state index contributed by atoms with van der Waals surface area (Å²) in [5.41, 5.74) is -0.433. The van der Waals surface area contributed by atoms with Gasteiger partial charge in [-0.1, -0.05) is 0 Å². The maximum absolute atomic E-state index is 11.9. The smallest absolute Gasteiger partial charge is 0.410 e. The highest BCUT2D eigenvalue weighted by Crippen LogP contribution is 2.22. The maximum Gasteiger partial charge on any atom is 0.410 e. The van der Waals surface area contributed by atoms with Gasteiger partial charge in [0.15, 0.2) is 0 Å². The molecule has 5 nitrogen and oxygen atoms in total. The van der Waals surface area contributed by atoms with Gasteiger partial charge in [-0.3, -0.25) is 0 Å². The minimum atomic E-state index is -0.433. The molecule has 0 radical (unpaired) electrons. The van der Waals surface area contributed by atoms with E-state index in [1.807, 2.05) is 27.7 Å². The Labute approximate surface area is 116 Å². The van der Waals surface area contributed by atoms with Gasteiger partial charge in [0.1, 0.15) is 5.60 Å². The summed E-state index contributed by atoms with van der Waals surface area (Å²) >= 11 is 0. The molecule has 1 saturated carbocycles. The molecule has 0 saturated heterocycles. The van der Waals surface area contributed by atoms with Crippen LogP contribution in [-0.4, -0.2) is 55.5 Å². The largest absolute Gasteiger partial charge is 0.444 e. The lowest BCUT2D eigenvalue weighted by Crippen LogP contribution is -2.48. The Morgan fingerprint density at radius 3 is 2.47 bits per heavy atom. The molecule has 1 rings (SSSR count). The molecule has 5 heteroatoms. The number of amides is 1. The Balaban J connectivity index is 2.20. The number of nitrogens with zero attached hydrogens (tertiary/aromatic N) is 1. The highest BCUT2D eigenvalue weighted by molar-refractivity contribution is 5.68. The van der Waals surface area contributed by atoms with E-state index in [-0.39, 0.29) is 6.09 Å². The maximum atomic E-state index is 11.9. The zero-order valence-electron chi connectivity index (χ0n) is 12.9. The fourth-order valence-corrected chi connectivity index (χ4v) is 2.03. The van der Waals surface area contributed by atoms with Gasteiger partial charge in [0.2, 0.25) is 0 Å². The molecule has 0 aromatic rings. The van der Waals surface area contributed by atoms with Crippen molar-refractivity contribution in [3.8, 4) is 0 Å². The van der Waals surface area contributed by atoms with E-state index in [4.69, 9.17) is 9.47 Å². The summed E-state index contributed by atoms with van der Waals surface area (Å²) in [5, 5.41) is 3.44. The number of methoxy groups -OCH3 is 1. The molecule has 112 valence electrons. The lowest BCUT2D eigenvalue weighted by molar-refractivity contribution is 0.0139. The van der Waals surface area contributed by atoms with Gasteiger partial charge in [-0.15, -0.1) is 0 Å². The van der Waals surface area contributed by atoms with Crippen LogP contribution in [0.3, 0.4) is 0 Å². The van der Waals surface area contributed by atoms with E-state index in [0.717, 1.165) is 19.4 Å². The van der Waals surface area contributed by atoms with Gasteiger partial charge in [-0.25, -0.2) is 4.79 Å². The standard InChI is InChI=1S/C14H28N2O3/c1-6-16(13(17)19-14(2,3)4)8-7-15-11-9-12(10-11)18-5/h11-12,15H,6-10H2,1-5H3. The lowest BCUT2D eigenvalue weighted by Gasteiger charge is -2.35. The Bertz CT molecular complexity index is 283. The summed E-state index contributed by atoms with van der Waals surface area (Å²) in [6.45, 7) is 9.77. The van der Waals surface area contributed by atoms with Gasteiger partial charge in [-0.2, -0.15) is 0 Å². The Hall–Kier alpha value is -0.810. The number of nitrogens with one attached hydrogen (secondary N) is 1. The van der Waals surface area contributed by atoms with E-state index in [0.29, 0.717) is 25.2 Å². The van der Waals surface area contributed by atoms with Crippen LogP contribution in [0.1, 0.15) is 40.5 Å². The molecule has 0 aliphatic heterocycles. The summed E-state index contributed by atoms with van der Waals surface area (Å²) < 4.78 is 10.6. The van der Waals surface area contributed by atoms with Crippen LogP contribution in [0.4, 0.5) is 4.79 Å². The van der Waals surface area contributed by atoms with Gasteiger partial charge >= 0.3 is 6.09 Å². The van der Waals surface area contributed by atoms with Gasteiger partial charge in [0.05, 0.1) is 6.10 Å². The number of likely N-dealkylation sites (N-methyl/N-ethyl adjacent to an activating group) is 1. The Morgan fingerprint density at radius 1 is 1.37 bits per heavy atom. The van der Waals surface area contributed by atoms with Crippen LogP contribution in [0.25, 0.3) is 0 Å². The molecule has 0 heterocycles. The molecule has 0 spiro atoms. The van der Waals surface area contributed by atoms with Gasteiger partial charge < -0.3 is 19.7 Å². The van der Waals surface area contributed by atoms with Crippen molar-refractivity contribution in [3.63, 3.8) is 0 Å². The molecule has 1 amide bonds. The fraction of sp³-hybridized carbons (Fsp3) is 0.929. The molecule has 0 atom stereocenters. The fourth-order valence-electron chi connectivity index (χ4n) is 2.03. The van der Waals surface area contributed by atoms with Gasteiger partial charge in [-0.05, 0) is 40.5 Å². The van der Waals surface area contributed by atoms with Crippen LogP contribution in [-0.2, 0) is 9.47 Å². The predicted molar refractivity (Wildman–Crippen MR) is 75.3 cm³/mol. The molecular weight excluding hydrogens is 244 g/mol. The van der Waals surface area contributed by atoms with E-state index >= 15 is 0 Å². The molecule has 19 heavy (non-hydrogen) atoms. The lowest BCUT2D eigenvalue weighted by atomic mass is 9.89. The number of hydrogen-bond acceptors (Lipinski definition) is 4. The first-order chi connectivity index (χ1) is 8.85. The van der Waals surface area contributed by atoms with Crippen molar-refractivity contribution >= 4 is 6.09 Å². The van der Waals surface area contributed by atoms with E-state index in [2.05, 4.69) is 5.32 Å². The molecule has 1 aliphatic rings. The van der Waals surface area contributed by atoms with Crippen LogP contribution in [0.2, 0.25) is 0 Å². The number of rotatable bonds is 6. The SMILES string of the molecule is CCN(CCNC1CC(OC)C1)C(=O)OC(C)(C)C. The van der Waals surface area contributed by atoms with Gasteiger partial charge in [0, 0.05) is 32.8 Å². The molecule has 0 unspecified atom stereocenters. The minimum absolute atomic E-state index is 0.236. The monoisotopic (exact) mass is 272 g/mol. The van der Waals surface area contributed by atoms with E-state index < -0.39 is 5.60 Å². The Morgan fingerprint density at radius 2 is 2.00 bits per heavy atom. The quantitative estimate of drug-likeness (QED) is 0.803. The second-order valence-corrected chi connectivity index (χ2v) is 6.04. The van der Waals surface area contributed by atoms with Crippen molar-refractivity contribution in [3.05, 3.63) is 0 Å². The molecular formula is C14H28N2O3. The van der Waals surface area contributed by atoms with Crippen molar-refractivity contribution in [2.45, 2.75) is 58.3 Å². The zero-order chi connectivity index (χ0) is 14.5. The average Bonchev–Trinajstić information content (AvgIpc) is 2.24. The van der Waals surface area contributed by atoms with Gasteiger partial charge in [0.25, 0.3) is 0 Å². The molecule has 0 bridgehead atoms. The van der Waals surface area contributed by atoms with Crippen molar-refractivity contribution < 1.29 is 14.3 Å². The summed E-state index contributed by atoms with van der Waals surface area (Å²) in [6.07, 6.45) is 2.30. The third-order valence-electron chi connectivity index (χ3n) is 3.28. The highest BCUT2D eigenvalue weighted by atomic mass is 16.6. The van der Waals surface area contributed by atoms with Crippen molar-refractivity contribution in [2.75, 3.05) is 26.7 Å². The van der Waals surface area contributed by atoms with Crippen molar-refractivity contribution in [1.82, 2.24) is 10.2 Å². The minimum Gasteiger partial charge on any atom is -0.444 e. The van der Waals surface area contributed by atoms with E-state index in [1.54, 1.807) is 12.0 Å². The Kier molecular flexibility index (Phi) is 6.07. The normalized spacial score (nSPS) is 22.8. The number of carbonyl (C=O) groups is 1. The topological polar surface area (TPSA) is 50.8 Å². The van der Waals surface area contributed by atoms with Crippen molar-refractivity contribution in [1.29, 1.82) is 0 Å². The molecule has 0 aromatic carbocycles. The van der Waals surface area contributed by atoms with E-state index in [1.165, 1.54) is 0 Å². The summed E-state index contributed by atoms with van der Waals surface area (Å²) in [4.78, 5) is 13.6. The second-order valence-electron chi connectivity index (χ2n) is 6.04. The van der Waals surface area contributed by atoms with Crippen LogP contribution in [0, 0.1) is 0 Å². The third-order valence-corrected chi connectivity index (χ3v) is 3.28. The molecule has 0 aromatic heterocycles. The van der Waals surface area contributed by atoms with Crippen LogP contribution in [0.5, 0.6) is 0 Å².